The summed E-state index contributed by atoms with van der Waals surface area (Å²) in [7, 11) is 0. The Labute approximate surface area is 63.8 Å². The van der Waals surface area contributed by atoms with Gasteiger partial charge in [-0.15, -0.1) is 0 Å². The van der Waals surface area contributed by atoms with E-state index in [9.17, 15) is 4.79 Å². The van der Waals surface area contributed by atoms with Crippen LogP contribution in [-0.4, -0.2) is 17.6 Å². The van der Waals surface area contributed by atoms with Gasteiger partial charge in [-0.05, 0) is 12.1 Å². The van der Waals surface area contributed by atoms with Gasteiger partial charge in [0.05, 0.1) is 11.8 Å². The number of hydrogen-bond donors (Lipinski definition) is 2. The third-order valence-corrected chi connectivity index (χ3v) is 1.28. The molecule has 2 radical (unpaired) electrons. The molecule has 0 aromatic heterocycles. The van der Waals surface area contributed by atoms with Gasteiger partial charge in [0, 0.05) is 5.56 Å². The summed E-state index contributed by atoms with van der Waals surface area (Å²) in [5, 5.41) is 15.8. The second kappa shape index (κ2) is 2.96. The molecule has 0 aliphatic rings. The van der Waals surface area contributed by atoms with E-state index < -0.39 is 0 Å². The lowest BCUT2D eigenvalue weighted by molar-refractivity contribution is 0.474. The third-order valence-electron chi connectivity index (χ3n) is 1.28. The molecule has 1 rings (SSSR count). The van der Waals surface area contributed by atoms with Crippen molar-refractivity contribution in [2.45, 2.75) is 0 Å². The van der Waals surface area contributed by atoms with Gasteiger partial charge >= 0.3 is 0 Å². The Bertz CT molecular complexity index is 294. The van der Waals surface area contributed by atoms with Crippen LogP contribution in [0.1, 0.15) is 11.1 Å². The molecule has 0 saturated heterocycles. The summed E-state index contributed by atoms with van der Waals surface area (Å²) >= 11 is 0. The second-order valence-electron chi connectivity index (χ2n) is 1.93. The SMILES string of the molecule is N=[C]c1c(O)cccc1[C]=O. The van der Waals surface area contributed by atoms with Crippen LogP contribution in [0.5, 0.6) is 5.75 Å². The highest BCUT2D eigenvalue weighted by molar-refractivity contribution is 5.93. The lowest BCUT2D eigenvalue weighted by atomic mass is 10.1. The van der Waals surface area contributed by atoms with Crippen molar-refractivity contribution in [3.8, 4) is 5.75 Å². The number of nitrogens with one attached hydrogen (secondary N) is 1. The molecule has 0 atom stereocenters. The van der Waals surface area contributed by atoms with Crippen LogP contribution >= 0.6 is 0 Å². The van der Waals surface area contributed by atoms with Crippen LogP contribution in [0.4, 0.5) is 0 Å². The van der Waals surface area contributed by atoms with Crippen LogP contribution in [0, 0.1) is 5.41 Å². The predicted molar refractivity (Wildman–Crippen MR) is 39.7 cm³/mol. The zero-order chi connectivity index (χ0) is 8.27. The van der Waals surface area contributed by atoms with Gasteiger partial charge in [-0.2, -0.15) is 0 Å². The van der Waals surface area contributed by atoms with E-state index >= 15 is 0 Å². The zero-order valence-corrected chi connectivity index (χ0v) is 5.59. The topological polar surface area (TPSA) is 61.1 Å². The maximum absolute atomic E-state index is 10.2. The van der Waals surface area contributed by atoms with E-state index in [4.69, 9.17) is 10.5 Å². The van der Waals surface area contributed by atoms with E-state index in [1.54, 1.807) is 6.29 Å². The highest BCUT2D eigenvalue weighted by atomic mass is 16.3. The first-order valence-electron chi connectivity index (χ1n) is 2.92. The molecule has 2 N–H and O–H groups in total. The molecule has 11 heavy (non-hydrogen) atoms. The standard InChI is InChI=1S/C8H5NO2/c9-4-7-6(5-10)2-1-3-8(7)11/h1-3,9,11H. The first-order valence-corrected chi connectivity index (χ1v) is 2.92. The van der Waals surface area contributed by atoms with Gasteiger partial charge in [-0.3, -0.25) is 10.2 Å². The lowest BCUT2D eigenvalue weighted by Crippen LogP contribution is -1.90. The van der Waals surface area contributed by atoms with Crippen molar-refractivity contribution in [3.05, 3.63) is 29.3 Å². The maximum Gasteiger partial charge on any atom is 0.234 e. The molecule has 0 aliphatic carbocycles. The fourth-order valence-electron chi connectivity index (χ4n) is 0.757. The minimum absolute atomic E-state index is 0.0856. The van der Waals surface area contributed by atoms with E-state index in [0.29, 0.717) is 0 Å². The van der Waals surface area contributed by atoms with Gasteiger partial charge in [0.25, 0.3) is 0 Å². The van der Waals surface area contributed by atoms with Gasteiger partial charge in [0.2, 0.25) is 6.29 Å². The fraction of sp³-hybridized carbons (Fsp3) is 0. The Morgan fingerprint density at radius 3 is 2.64 bits per heavy atom. The number of benzene rings is 1. The summed E-state index contributed by atoms with van der Waals surface area (Å²) in [4.78, 5) is 10.2. The molecule has 0 unspecified atom stereocenters. The van der Waals surface area contributed by atoms with Crippen molar-refractivity contribution < 1.29 is 9.90 Å². The predicted octanol–water partition coefficient (Wildman–Crippen LogP) is 0.725. The monoisotopic (exact) mass is 147 g/mol. The summed E-state index contributed by atoms with van der Waals surface area (Å²) in [6.45, 7) is 0. The molecular formula is C8H5NO2. The normalized spacial score (nSPS) is 9.09. The minimum Gasteiger partial charge on any atom is -0.507 e. The molecule has 0 bridgehead atoms. The Kier molecular flexibility index (Phi) is 2.01. The van der Waals surface area contributed by atoms with E-state index in [1.807, 2.05) is 6.21 Å². The van der Waals surface area contributed by atoms with Crippen molar-refractivity contribution in [2.24, 2.45) is 0 Å². The highest BCUT2D eigenvalue weighted by Crippen LogP contribution is 2.16. The Balaban J connectivity index is 3.35. The molecule has 54 valence electrons. The van der Waals surface area contributed by atoms with Crippen LogP contribution in [0.25, 0.3) is 0 Å². The second-order valence-corrected chi connectivity index (χ2v) is 1.93. The average Bonchev–Trinajstić information content (AvgIpc) is 2.04. The number of phenols is 1. The summed E-state index contributed by atoms with van der Waals surface area (Å²) in [5.74, 6) is -0.124. The summed E-state index contributed by atoms with van der Waals surface area (Å²) in [6.07, 6.45) is 3.55. The highest BCUT2D eigenvalue weighted by Gasteiger charge is 2.03. The molecule has 3 nitrogen and oxygen atoms in total. The molecule has 1 aromatic carbocycles. The third kappa shape index (κ3) is 1.26. The molecule has 0 spiro atoms. The molecule has 0 heterocycles. The first kappa shape index (κ1) is 7.47. The smallest absolute Gasteiger partial charge is 0.234 e. The Morgan fingerprint density at radius 1 is 1.45 bits per heavy atom. The quantitative estimate of drug-likeness (QED) is 0.605. The number of rotatable bonds is 2. The summed E-state index contributed by atoms with van der Waals surface area (Å²) < 4.78 is 0. The van der Waals surface area contributed by atoms with Gasteiger partial charge in [-0.25, -0.2) is 0 Å². The molecule has 0 fully saturated rings. The summed E-state index contributed by atoms with van der Waals surface area (Å²) in [6, 6.07) is 4.36. The van der Waals surface area contributed by atoms with Gasteiger partial charge in [0.15, 0.2) is 0 Å². The van der Waals surface area contributed by atoms with Crippen LogP contribution in [0.15, 0.2) is 18.2 Å². The van der Waals surface area contributed by atoms with E-state index in [1.165, 1.54) is 18.2 Å². The zero-order valence-electron chi connectivity index (χ0n) is 5.59. The average molecular weight is 147 g/mol. The van der Waals surface area contributed by atoms with Gasteiger partial charge in [-0.1, -0.05) is 6.07 Å². The lowest BCUT2D eigenvalue weighted by Gasteiger charge is -1.97. The van der Waals surface area contributed by atoms with Crippen LogP contribution in [0.2, 0.25) is 0 Å². The van der Waals surface area contributed by atoms with Crippen molar-refractivity contribution in [1.29, 1.82) is 5.41 Å². The molecule has 0 aliphatic heterocycles. The molecule has 0 saturated carbocycles. The molecule has 0 amide bonds. The van der Waals surface area contributed by atoms with Gasteiger partial charge < -0.3 is 5.11 Å². The van der Waals surface area contributed by atoms with E-state index in [2.05, 4.69) is 0 Å². The number of carbonyl (C=O) groups excluding carboxylic acids is 1. The number of hydrogen-bond acceptors (Lipinski definition) is 3. The number of phenolic OH excluding ortho intramolecular Hbond substituents is 1. The minimum atomic E-state index is -0.124. The first-order chi connectivity index (χ1) is 5.29. The van der Waals surface area contributed by atoms with Crippen molar-refractivity contribution in [1.82, 2.24) is 0 Å². The molecular weight excluding hydrogens is 142 g/mol. The number of aromatic hydroxyl groups is 1. The van der Waals surface area contributed by atoms with E-state index in [0.717, 1.165) is 0 Å². The maximum atomic E-state index is 10.2. The summed E-state index contributed by atoms with van der Waals surface area (Å²) in [5.41, 5.74) is 0.238. The molecule has 1 aromatic rings. The fourth-order valence-corrected chi connectivity index (χ4v) is 0.757. The Hall–Kier alpha value is -1.64. The molecule has 3 heteroatoms. The van der Waals surface area contributed by atoms with Crippen molar-refractivity contribution >= 4 is 12.5 Å². The van der Waals surface area contributed by atoms with Crippen LogP contribution < -0.4 is 0 Å². The van der Waals surface area contributed by atoms with Gasteiger partial charge in [0.1, 0.15) is 5.75 Å². The Morgan fingerprint density at radius 2 is 2.18 bits per heavy atom. The van der Waals surface area contributed by atoms with Crippen molar-refractivity contribution in [2.75, 3.05) is 0 Å². The van der Waals surface area contributed by atoms with Crippen LogP contribution in [0.3, 0.4) is 0 Å². The largest absolute Gasteiger partial charge is 0.507 e. The van der Waals surface area contributed by atoms with Crippen LogP contribution in [-0.2, 0) is 4.79 Å². The van der Waals surface area contributed by atoms with Crippen molar-refractivity contribution in [3.63, 3.8) is 0 Å². The van der Waals surface area contributed by atoms with E-state index in [-0.39, 0.29) is 16.9 Å².